The number of amides is 3. The minimum atomic E-state index is -0.929. The third kappa shape index (κ3) is 5.58. The minimum absolute atomic E-state index is 0.224. The largest absolute Gasteiger partial charge is 0.383 e. The Morgan fingerprint density at radius 3 is 2.60 bits per heavy atom. The lowest BCUT2D eigenvalue weighted by atomic mass is 9.94. The fourth-order valence-corrected chi connectivity index (χ4v) is 5.08. The molecule has 0 saturated carbocycles. The van der Waals surface area contributed by atoms with E-state index in [4.69, 9.17) is 4.74 Å². The molecule has 1 fully saturated rings. The topological polar surface area (TPSA) is 113 Å². The summed E-state index contributed by atoms with van der Waals surface area (Å²) in [5.74, 6) is -1.58. The van der Waals surface area contributed by atoms with Crippen LogP contribution in [0.25, 0.3) is 5.69 Å². The van der Waals surface area contributed by atoms with Crippen LogP contribution in [0.15, 0.2) is 53.5 Å². The van der Waals surface area contributed by atoms with E-state index in [2.05, 4.69) is 30.9 Å². The molecule has 5 rings (SSSR count). The van der Waals surface area contributed by atoms with Crippen molar-refractivity contribution in [3.63, 3.8) is 0 Å². The maximum atomic E-state index is 14.1. The van der Waals surface area contributed by atoms with Crippen molar-refractivity contribution in [2.24, 2.45) is 4.99 Å². The molecule has 3 aromatic rings. The lowest BCUT2D eigenvalue weighted by Crippen LogP contribution is -2.42. The van der Waals surface area contributed by atoms with Crippen molar-refractivity contribution >= 4 is 23.6 Å². The quantitative estimate of drug-likeness (QED) is 0.399. The predicted molar refractivity (Wildman–Crippen MR) is 146 cm³/mol. The molecule has 2 aliphatic heterocycles. The Bertz CT molecular complexity index is 1440. The Balaban J connectivity index is 1.41. The van der Waals surface area contributed by atoms with Crippen LogP contribution < -0.4 is 16.0 Å². The van der Waals surface area contributed by atoms with Crippen molar-refractivity contribution in [2.45, 2.75) is 31.8 Å². The fourth-order valence-electron chi connectivity index (χ4n) is 5.08. The molecule has 2 aliphatic rings. The van der Waals surface area contributed by atoms with Gasteiger partial charge in [-0.1, -0.05) is 24.3 Å². The van der Waals surface area contributed by atoms with Crippen LogP contribution in [-0.2, 0) is 9.53 Å². The highest BCUT2D eigenvalue weighted by Gasteiger charge is 2.36. The van der Waals surface area contributed by atoms with E-state index in [1.165, 1.54) is 6.07 Å². The van der Waals surface area contributed by atoms with Gasteiger partial charge in [-0.25, -0.2) is 18.3 Å². The highest BCUT2D eigenvalue weighted by atomic mass is 19.2. The van der Waals surface area contributed by atoms with E-state index in [1.54, 1.807) is 31.7 Å². The van der Waals surface area contributed by atoms with Gasteiger partial charge in [0.05, 0.1) is 18.3 Å². The lowest BCUT2D eigenvalue weighted by molar-refractivity contribution is -0.119. The molecule has 3 atom stereocenters. The number of nitrogens with one attached hydrogen (secondary N) is 3. The second-order valence-corrected chi connectivity index (χ2v) is 9.95. The molecule has 0 spiro atoms. The third-order valence-electron chi connectivity index (χ3n) is 7.22. The molecule has 3 heterocycles. The van der Waals surface area contributed by atoms with Crippen LogP contribution in [0.2, 0.25) is 0 Å². The highest BCUT2D eigenvalue weighted by molar-refractivity contribution is 6.14. The maximum absolute atomic E-state index is 14.1. The summed E-state index contributed by atoms with van der Waals surface area (Å²) < 4.78 is 34.5. The zero-order chi connectivity index (χ0) is 28.4. The summed E-state index contributed by atoms with van der Waals surface area (Å²) in [5.41, 5.74) is 2.37. The van der Waals surface area contributed by atoms with E-state index in [-0.39, 0.29) is 17.9 Å². The number of rotatable bonds is 8. The fraction of sp³-hybridized carbons (Fsp3) is 0.357. The molecule has 0 aliphatic carbocycles. The van der Waals surface area contributed by atoms with Gasteiger partial charge in [0.1, 0.15) is 17.6 Å². The number of carbonyl (C=O) groups is 2. The summed E-state index contributed by atoms with van der Waals surface area (Å²) in [6.07, 6.45) is 0. The SMILES string of the molecule is COCCN1C[C@@H](NC(=O)Nc2c(C)c(C3=NC(C)C(=O)N3)nn2-c2ccccc2)[C@H](c2ccc(F)c(F)c2)C1. The van der Waals surface area contributed by atoms with Crippen LogP contribution in [0.3, 0.4) is 0 Å². The first-order valence-corrected chi connectivity index (χ1v) is 13.0. The Hall–Kier alpha value is -4.16. The van der Waals surface area contributed by atoms with E-state index in [0.717, 1.165) is 6.07 Å². The van der Waals surface area contributed by atoms with Crippen LogP contribution in [0.4, 0.5) is 19.4 Å². The molecule has 10 nitrogen and oxygen atoms in total. The molecule has 12 heteroatoms. The standard InChI is InChI=1S/C28H31F2N7O3/c1-16-24(25-31-17(2)27(38)33-25)35-37(19-7-5-4-6-8-19)26(16)34-28(39)32-23-15-36(11-12-40-3)14-20(23)18-9-10-21(29)22(30)13-18/h4-10,13,17,20,23H,11-12,14-15H2,1-3H3,(H,31,33,38)(H2,32,34,39)/t17?,20-,23+/m0/s1. The number of aromatic nitrogens is 2. The first-order valence-electron chi connectivity index (χ1n) is 13.0. The monoisotopic (exact) mass is 551 g/mol. The number of hydrogen-bond donors (Lipinski definition) is 3. The number of ether oxygens (including phenoxy) is 1. The van der Waals surface area contributed by atoms with Crippen molar-refractivity contribution in [1.82, 2.24) is 25.3 Å². The molecule has 0 radical (unpaired) electrons. The van der Waals surface area contributed by atoms with Gasteiger partial charge in [-0.2, -0.15) is 5.10 Å². The first-order chi connectivity index (χ1) is 19.2. The first kappa shape index (κ1) is 27.4. The number of benzene rings is 2. The van der Waals surface area contributed by atoms with E-state index in [0.29, 0.717) is 60.4 Å². The summed E-state index contributed by atoms with van der Waals surface area (Å²) in [4.78, 5) is 32.0. The number of urea groups is 1. The average molecular weight is 552 g/mol. The average Bonchev–Trinajstić information content (AvgIpc) is 3.60. The smallest absolute Gasteiger partial charge is 0.320 e. The zero-order valence-corrected chi connectivity index (χ0v) is 22.4. The number of aliphatic imine (C=N–C) groups is 1. The molecule has 3 amide bonds. The van der Waals surface area contributed by atoms with Crippen LogP contribution in [0.5, 0.6) is 0 Å². The van der Waals surface area contributed by atoms with Gasteiger partial charge in [0, 0.05) is 38.2 Å². The van der Waals surface area contributed by atoms with Gasteiger partial charge >= 0.3 is 6.03 Å². The van der Waals surface area contributed by atoms with Crippen LogP contribution in [0.1, 0.15) is 29.7 Å². The second-order valence-electron chi connectivity index (χ2n) is 9.95. The molecule has 1 aromatic heterocycles. The Morgan fingerprint density at radius 1 is 1.15 bits per heavy atom. The van der Waals surface area contributed by atoms with Gasteiger partial charge in [-0.3, -0.25) is 20.0 Å². The normalized spacial score (nSPS) is 20.9. The predicted octanol–water partition coefficient (Wildman–Crippen LogP) is 2.96. The van der Waals surface area contributed by atoms with Crippen LogP contribution in [-0.4, -0.2) is 77.9 Å². The second kappa shape index (κ2) is 11.5. The van der Waals surface area contributed by atoms with E-state index >= 15 is 0 Å². The van der Waals surface area contributed by atoms with E-state index < -0.39 is 23.7 Å². The number of carbonyl (C=O) groups excluding carboxylic acids is 2. The number of methoxy groups -OCH3 is 1. The Labute approximate surface area is 230 Å². The number of halogens is 2. The summed E-state index contributed by atoms with van der Waals surface area (Å²) in [6.45, 7) is 5.67. The molecular weight excluding hydrogens is 520 g/mol. The van der Waals surface area contributed by atoms with Crippen LogP contribution >= 0.6 is 0 Å². The number of anilines is 1. The summed E-state index contributed by atoms with van der Waals surface area (Å²) in [7, 11) is 1.61. The van der Waals surface area contributed by atoms with Crippen molar-refractivity contribution in [1.29, 1.82) is 0 Å². The van der Waals surface area contributed by atoms with Gasteiger partial charge in [0.25, 0.3) is 0 Å². The zero-order valence-electron chi connectivity index (χ0n) is 22.4. The Morgan fingerprint density at radius 2 is 1.93 bits per heavy atom. The molecule has 0 bridgehead atoms. The van der Waals surface area contributed by atoms with Gasteiger partial charge in [0.2, 0.25) is 5.91 Å². The van der Waals surface area contributed by atoms with Crippen LogP contribution in [0, 0.1) is 18.6 Å². The number of likely N-dealkylation sites (tertiary alicyclic amines) is 1. The molecule has 1 unspecified atom stereocenters. The van der Waals surface area contributed by atoms with Crippen molar-refractivity contribution in [3.8, 4) is 5.69 Å². The summed E-state index contributed by atoms with van der Waals surface area (Å²) in [5, 5.41) is 13.4. The molecule has 3 N–H and O–H groups in total. The minimum Gasteiger partial charge on any atom is -0.383 e. The molecule has 2 aromatic carbocycles. The lowest BCUT2D eigenvalue weighted by Gasteiger charge is -2.21. The number of nitrogens with zero attached hydrogens (tertiary/aromatic N) is 4. The van der Waals surface area contributed by atoms with Crippen molar-refractivity contribution in [2.75, 3.05) is 38.7 Å². The maximum Gasteiger partial charge on any atom is 0.320 e. The van der Waals surface area contributed by atoms with Gasteiger partial charge in [-0.05, 0) is 43.7 Å². The van der Waals surface area contributed by atoms with Gasteiger partial charge in [-0.15, -0.1) is 0 Å². The van der Waals surface area contributed by atoms with E-state index in [1.807, 2.05) is 30.3 Å². The molecule has 40 heavy (non-hydrogen) atoms. The van der Waals surface area contributed by atoms with Crippen molar-refractivity contribution in [3.05, 3.63) is 77.0 Å². The molecule has 210 valence electrons. The van der Waals surface area contributed by atoms with Gasteiger partial charge in [0.15, 0.2) is 17.5 Å². The number of hydrogen-bond acceptors (Lipinski definition) is 6. The highest BCUT2D eigenvalue weighted by Crippen LogP contribution is 2.30. The number of amidine groups is 1. The summed E-state index contributed by atoms with van der Waals surface area (Å²) >= 11 is 0. The third-order valence-corrected chi connectivity index (χ3v) is 7.22. The summed E-state index contributed by atoms with van der Waals surface area (Å²) in [6, 6.07) is 11.7. The molecule has 1 saturated heterocycles. The number of para-hydroxylation sites is 1. The van der Waals surface area contributed by atoms with Gasteiger partial charge < -0.3 is 15.4 Å². The molecular formula is C28H31F2N7O3. The van der Waals surface area contributed by atoms with E-state index in [9.17, 15) is 18.4 Å². The Kier molecular flexibility index (Phi) is 7.90. The van der Waals surface area contributed by atoms with Crippen molar-refractivity contribution < 1.29 is 23.1 Å².